The second-order valence-corrected chi connectivity index (χ2v) is 7.56. The normalized spacial score (nSPS) is 18.1. The summed E-state index contributed by atoms with van der Waals surface area (Å²) >= 11 is 5.58. The molecule has 0 amide bonds. The first-order chi connectivity index (χ1) is 15.1. The number of methoxy groups -OCH3 is 1. The number of nitrogens with zero attached hydrogens (tertiary/aromatic N) is 2. The van der Waals surface area contributed by atoms with Crippen molar-refractivity contribution in [3.63, 3.8) is 0 Å². The monoisotopic (exact) mass is 437 g/mol. The summed E-state index contributed by atoms with van der Waals surface area (Å²) in [5.74, 6) is 0.962. The number of rotatable bonds is 7. The summed E-state index contributed by atoms with van der Waals surface area (Å²) in [5.41, 5.74) is 2.09. The Morgan fingerprint density at radius 3 is 2.87 bits per heavy atom. The van der Waals surface area contributed by atoms with Gasteiger partial charge in [0.2, 0.25) is 0 Å². The number of nitrogens with one attached hydrogen (secondary N) is 1. The molecular weight excluding hydrogens is 414 g/mol. The van der Waals surface area contributed by atoms with E-state index in [1.54, 1.807) is 24.4 Å². The number of aliphatic hydroxyl groups excluding tert-OH is 1. The minimum Gasteiger partial charge on any atom is -0.465 e. The van der Waals surface area contributed by atoms with Gasteiger partial charge in [-0.1, -0.05) is 18.2 Å². The lowest BCUT2D eigenvalue weighted by Crippen LogP contribution is -2.30. The number of carbonyl (C=O) groups excluding carboxylic acids is 1. The van der Waals surface area contributed by atoms with E-state index in [-0.39, 0.29) is 18.7 Å². The van der Waals surface area contributed by atoms with E-state index in [2.05, 4.69) is 10.3 Å². The Hall–Kier alpha value is -3.23. The number of thiocarbonyl (C=S) groups is 1. The summed E-state index contributed by atoms with van der Waals surface area (Å²) in [5, 5.41) is 13.3. The largest absolute Gasteiger partial charge is 0.465 e. The van der Waals surface area contributed by atoms with Crippen molar-refractivity contribution in [2.24, 2.45) is 0 Å². The van der Waals surface area contributed by atoms with Crippen LogP contribution in [0.4, 0.5) is 0 Å². The van der Waals surface area contributed by atoms with Crippen LogP contribution in [0.25, 0.3) is 11.3 Å². The fourth-order valence-electron chi connectivity index (χ4n) is 3.78. The van der Waals surface area contributed by atoms with Gasteiger partial charge < -0.3 is 24.5 Å². The van der Waals surface area contributed by atoms with Crippen molar-refractivity contribution in [1.29, 1.82) is 0 Å². The Morgan fingerprint density at radius 2 is 2.13 bits per heavy atom. The molecule has 4 rings (SSSR count). The molecule has 3 heterocycles. The van der Waals surface area contributed by atoms with Gasteiger partial charge in [0.1, 0.15) is 17.6 Å². The molecule has 0 saturated carbocycles. The molecular formula is C23H23N3O4S. The van der Waals surface area contributed by atoms with Crippen LogP contribution in [0.1, 0.15) is 40.3 Å². The van der Waals surface area contributed by atoms with E-state index in [0.717, 1.165) is 17.0 Å². The smallest absolute Gasteiger partial charge is 0.337 e. The van der Waals surface area contributed by atoms with Crippen molar-refractivity contribution in [2.45, 2.75) is 18.5 Å². The predicted octanol–water partition coefficient (Wildman–Crippen LogP) is 3.48. The van der Waals surface area contributed by atoms with E-state index in [1.807, 2.05) is 41.3 Å². The molecule has 7 nitrogen and oxygen atoms in total. The fourth-order valence-corrected chi connectivity index (χ4v) is 4.11. The number of carbonyl (C=O) groups is 1. The number of pyridine rings is 1. The maximum absolute atomic E-state index is 11.9. The number of hydrogen-bond donors (Lipinski definition) is 2. The highest BCUT2D eigenvalue weighted by Gasteiger charge is 2.41. The van der Waals surface area contributed by atoms with Gasteiger partial charge in [-0.3, -0.25) is 4.98 Å². The SMILES string of the molecule is COC(=O)c1cccc(-c2ccc(C3C(c4ccccn4)NC(=S)N3CCCO)o2)c1. The maximum atomic E-state index is 11.9. The van der Waals surface area contributed by atoms with Crippen LogP contribution >= 0.6 is 12.2 Å². The van der Waals surface area contributed by atoms with Crippen molar-refractivity contribution in [3.05, 3.63) is 77.8 Å². The summed E-state index contributed by atoms with van der Waals surface area (Å²) < 4.78 is 11.1. The van der Waals surface area contributed by atoms with Gasteiger partial charge in [-0.05, 0) is 55.0 Å². The molecule has 0 bridgehead atoms. The first-order valence-corrected chi connectivity index (χ1v) is 10.4. The Balaban J connectivity index is 1.69. The van der Waals surface area contributed by atoms with Crippen LogP contribution in [-0.4, -0.2) is 46.3 Å². The van der Waals surface area contributed by atoms with E-state index in [1.165, 1.54) is 7.11 Å². The minimum absolute atomic E-state index is 0.0732. The molecule has 2 unspecified atom stereocenters. The Kier molecular flexibility index (Phi) is 6.29. The topological polar surface area (TPSA) is 87.8 Å². The van der Waals surface area contributed by atoms with E-state index >= 15 is 0 Å². The number of esters is 1. The van der Waals surface area contributed by atoms with Crippen LogP contribution in [0.2, 0.25) is 0 Å². The van der Waals surface area contributed by atoms with Crippen molar-refractivity contribution in [2.75, 3.05) is 20.3 Å². The fraction of sp³-hybridized carbons (Fsp3) is 0.261. The van der Waals surface area contributed by atoms with Gasteiger partial charge >= 0.3 is 5.97 Å². The third kappa shape index (κ3) is 4.30. The number of hydrogen-bond acceptors (Lipinski definition) is 6. The lowest BCUT2D eigenvalue weighted by atomic mass is 10.0. The molecule has 2 N–H and O–H groups in total. The first kappa shape index (κ1) is 21.0. The average Bonchev–Trinajstić information content (AvgIpc) is 3.42. The van der Waals surface area contributed by atoms with Gasteiger partial charge in [-0.2, -0.15) is 0 Å². The highest BCUT2D eigenvalue weighted by molar-refractivity contribution is 7.80. The second-order valence-electron chi connectivity index (χ2n) is 7.17. The highest BCUT2D eigenvalue weighted by atomic mass is 32.1. The zero-order chi connectivity index (χ0) is 21.8. The lowest BCUT2D eigenvalue weighted by molar-refractivity contribution is 0.0601. The van der Waals surface area contributed by atoms with Crippen LogP contribution in [0, 0.1) is 0 Å². The molecule has 0 radical (unpaired) electrons. The molecule has 1 saturated heterocycles. The van der Waals surface area contributed by atoms with Gasteiger partial charge in [-0.15, -0.1) is 0 Å². The standard InChI is InChI=1S/C23H23N3O4S/c1-29-22(28)16-7-4-6-15(14-16)18-9-10-19(30-18)21-20(17-8-2-3-11-24-17)25-23(31)26(21)12-5-13-27/h2-4,6-11,14,20-21,27H,5,12-13H2,1H3,(H,25,31). The van der Waals surface area contributed by atoms with E-state index in [9.17, 15) is 9.90 Å². The van der Waals surface area contributed by atoms with E-state index in [4.69, 9.17) is 21.4 Å². The summed E-state index contributed by atoms with van der Waals surface area (Å²) in [7, 11) is 1.36. The molecule has 31 heavy (non-hydrogen) atoms. The first-order valence-electron chi connectivity index (χ1n) is 10.00. The molecule has 1 fully saturated rings. The van der Waals surface area contributed by atoms with Gasteiger partial charge in [-0.25, -0.2) is 4.79 Å². The maximum Gasteiger partial charge on any atom is 0.337 e. The molecule has 160 valence electrons. The summed E-state index contributed by atoms with van der Waals surface area (Å²) in [6, 6.07) is 16.3. The summed E-state index contributed by atoms with van der Waals surface area (Å²) in [6.45, 7) is 0.661. The predicted molar refractivity (Wildman–Crippen MR) is 119 cm³/mol. The van der Waals surface area contributed by atoms with Crippen molar-refractivity contribution >= 4 is 23.3 Å². The molecule has 1 aliphatic rings. The molecule has 1 aliphatic heterocycles. The Morgan fingerprint density at radius 1 is 1.26 bits per heavy atom. The van der Waals surface area contributed by atoms with E-state index < -0.39 is 5.97 Å². The number of aliphatic hydroxyl groups is 1. The summed E-state index contributed by atoms with van der Waals surface area (Å²) in [4.78, 5) is 18.4. The molecule has 2 aromatic heterocycles. The number of furan rings is 1. The average molecular weight is 438 g/mol. The van der Waals surface area contributed by atoms with Crippen LogP contribution in [0.3, 0.4) is 0 Å². The number of aromatic nitrogens is 1. The van der Waals surface area contributed by atoms with Gasteiger partial charge in [0, 0.05) is 24.9 Å². The zero-order valence-electron chi connectivity index (χ0n) is 17.0. The zero-order valence-corrected chi connectivity index (χ0v) is 17.8. The van der Waals surface area contributed by atoms with E-state index in [0.29, 0.717) is 29.4 Å². The Labute approximate surface area is 185 Å². The number of benzene rings is 1. The minimum atomic E-state index is -0.399. The van der Waals surface area contributed by atoms with Crippen LogP contribution in [0.15, 0.2) is 65.2 Å². The van der Waals surface area contributed by atoms with Gasteiger partial charge in [0.05, 0.1) is 24.4 Å². The molecule has 1 aromatic carbocycles. The van der Waals surface area contributed by atoms with Crippen LogP contribution in [0.5, 0.6) is 0 Å². The lowest BCUT2D eigenvalue weighted by Gasteiger charge is -2.25. The Bertz CT molecular complexity index is 1070. The highest BCUT2D eigenvalue weighted by Crippen LogP contribution is 2.40. The third-order valence-electron chi connectivity index (χ3n) is 5.24. The third-order valence-corrected chi connectivity index (χ3v) is 5.59. The van der Waals surface area contributed by atoms with Gasteiger partial charge in [0.15, 0.2) is 5.11 Å². The van der Waals surface area contributed by atoms with Crippen molar-refractivity contribution in [1.82, 2.24) is 15.2 Å². The van der Waals surface area contributed by atoms with Crippen molar-refractivity contribution < 1.29 is 19.1 Å². The second kappa shape index (κ2) is 9.28. The molecule has 0 spiro atoms. The number of ether oxygens (including phenoxy) is 1. The van der Waals surface area contributed by atoms with Crippen LogP contribution < -0.4 is 5.32 Å². The van der Waals surface area contributed by atoms with Gasteiger partial charge in [0.25, 0.3) is 0 Å². The quantitative estimate of drug-likeness (QED) is 0.429. The van der Waals surface area contributed by atoms with Crippen molar-refractivity contribution in [3.8, 4) is 11.3 Å². The molecule has 8 heteroatoms. The van der Waals surface area contributed by atoms with Crippen LogP contribution in [-0.2, 0) is 4.74 Å². The molecule has 3 aromatic rings. The molecule has 2 atom stereocenters. The molecule has 0 aliphatic carbocycles. The summed E-state index contributed by atoms with van der Waals surface area (Å²) in [6.07, 6.45) is 2.33.